The molecular formula is C17H19N5O2S2. The number of rotatable bonds is 7. The second-order valence-electron chi connectivity index (χ2n) is 5.49. The van der Waals surface area contributed by atoms with Crippen molar-refractivity contribution in [3.05, 3.63) is 53.5 Å². The highest BCUT2D eigenvalue weighted by Crippen LogP contribution is 2.23. The van der Waals surface area contributed by atoms with Crippen molar-refractivity contribution in [1.29, 1.82) is 0 Å². The maximum absolute atomic E-state index is 12.2. The largest absolute Gasteiger partial charge is 0.354 e. The van der Waals surface area contributed by atoms with Gasteiger partial charge in [0.15, 0.2) is 0 Å². The van der Waals surface area contributed by atoms with Crippen molar-refractivity contribution in [2.45, 2.75) is 18.1 Å². The molecule has 7 nitrogen and oxygen atoms in total. The van der Waals surface area contributed by atoms with Crippen LogP contribution in [-0.4, -0.2) is 24.9 Å². The molecule has 2 aromatic heterocycles. The van der Waals surface area contributed by atoms with Crippen LogP contribution in [0.25, 0.3) is 0 Å². The summed E-state index contributed by atoms with van der Waals surface area (Å²) in [6, 6.07) is 12.1. The Morgan fingerprint density at radius 3 is 2.46 bits per heavy atom. The van der Waals surface area contributed by atoms with Crippen molar-refractivity contribution >= 4 is 44.5 Å². The molecule has 0 saturated heterocycles. The van der Waals surface area contributed by atoms with Crippen molar-refractivity contribution in [2.75, 3.05) is 21.9 Å². The zero-order chi connectivity index (χ0) is 18.6. The number of hydrogen-bond acceptors (Lipinski definition) is 7. The van der Waals surface area contributed by atoms with E-state index in [4.69, 9.17) is 0 Å². The Morgan fingerprint density at radius 2 is 1.81 bits per heavy atom. The molecular weight excluding hydrogens is 370 g/mol. The zero-order valence-corrected chi connectivity index (χ0v) is 16.0. The molecule has 0 radical (unpaired) electrons. The van der Waals surface area contributed by atoms with E-state index in [0.29, 0.717) is 17.5 Å². The SMILES string of the molecule is CCNc1nc(C)cc(Nc2ccc(NS(=O)(=O)c3cccs3)cc2)n1. The van der Waals surface area contributed by atoms with Crippen LogP contribution in [0.4, 0.5) is 23.1 Å². The van der Waals surface area contributed by atoms with Gasteiger partial charge in [-0.15, -0.1) is 11.3 Å². The summed E-state index contributed by atoms with van der Waals surface area (Å²) in [6.45, 7) is 4.62. The lowest BCUT2D eigenvalue weighted by molar-refractivity contribution is 0.603. The lowest BCUT2D eigenvalue weighted by Crippen LogP contribution is -2.11. The molecule has 0 spiro atoms. The molecule has 0 saturated carbocycles. The highest BCUT2D eigenvalue weighted by atomic mass is 32.2. The zero-order valence-electron chi connectivity index (χ0n) is 14.4. The molecule has 136 valence electrons. The van der Waals surface area contributed by atoms with E-state index in [-0.39, 0.29) is 4.21 Å². The summed E-state index contributed by atoms with van der Waals surface area (Å²) in [4.78, 5) is 8.70. The number of benzene rings is 1. The lowest BCUT2D eigenvalue weighted by Gasteiger charge is -2.10. The van der Waals surface area contributed by atoms with Gasteiger partial charge in [0.1, 0.15) is 10.0 Å². The van der Waals surface area contributed by atoms with Crippen molar-refractivity contribution in [3.63, 3.8) is 0 Å². The number of aryl methyl sites for hydroxylation is 1. The number of aromatic nitrogens is 2. The van der Waals surface area contributed by atoms with Gasteiger partial charge in [0.2, 0.25) is 5.95 Å². The first-order valence-electron chi connectivity index (χ1n) is 7.99. The van der Waals surface area contributed by atoms with Gasteiger partial charge in [0.05, 0.1) is 0 Å². The molecule has 2 heterocycles. The minimum absolute atomic E-state index is 0.284. The molecule has 0 aliphatic heterocycles. The van der Waals surface area contributed by atoms with E-state index in [1.54, 1.807) is 41.8 Å². The van der Waals surface area contributed by atoms with Crippen LogP contribution < -0.4 is 15.4 Å². The van der Waals surface area contributed by atoms with Crippen molar-refractivity contribution in [3.8, 4) is 0 Å². The standard InChI is InChI=1S/C17H19N5O2S2/c1-3-18-17-19-12(2)11-15(21-17)20-13-6-8-14(9-7-13)22-26(23,24)16-5-4-10-25-16/h4-11,22H,3H2,1-2H3,(H2,18,19,20,21). The van der Waals surface area contributed by atoms with Gasteiger partial charge in [-0.3, -0.25) is 4.72 Å². The first-order chi connectivity index (χ1) is 12.5. The van der Waals surface area contributed by atoms with Gasteiger partial charge >= 0.3 is 0 Å². The van der Waals surface area contributed by atoms with Gasteiger partial charge in [-0.05, 0) is 49.6 Å². The normalized spacial score (nSPS) is 11.2. The summed E-state index contributed by atoms with van der Waals surface area (Å²) in [5.74, 6) is 1.23. The van der Waals surface area contributed by atoms with Crippen molar-refractivity contribution in [2.24, 2.45) is 0 Å². The Bertz CT molecular complexity index is 971. The van der Waals surface area contributed by atoms with E-state index in [1.807, 2.05) is 19.9 Å². The van der Waals surface area contributed by atoms with Crippen LogP contribution in [0, 0.1) is 6.92 Å². The van der Waals surface area contributed by atoms with E-state index < -0.39 is 10.0 Å². The van der Waals surface area contributed by atoms with Crippen LogP contribution in [0.2, 0.25) is 0 Å². The average molecular weight is 390 g/mol. The maximum atomic E-state index is 12.2. The van der Waals surface area contributed by atoms with Gasteiger partial charge in [-0.25, -0.2) is 13.4 Å². The predicted octanol–water partition coefficient (Wildman–Crippen LogP) is 3.82. The van der Waals surface area contributed by atoms with Crippen LogP contribution in [0.5, 0.6) is 0 Å². The fourth-order valence-corrected chi connectivity index (χ4v) is 4.31. The third-order valence-corrected chi connectivity index (χ3v) is 6.14. The third kappa shape index (κ3) is 4.50. The molecule has 0 bridgehead atoms. The van der Waals surface area contributed by atoms with Gasteiger partial charge < -0.3 is 10.6 Å². The molecule has 0 amide bonds. The summed E-state index contributed by atoms with van der Waals surface area (Å²) < 4.78 is 27.3. The smallest absolute Gasteiger partial charge is 0.271 e. The lowest BCUT2D eigenvalue weighted by atomic mass is 10.3. The molecule has 26 heavy (non-hydrogen) atoms. The van der Waals surface area contributed by atoms with Gasteiger partial charge in [0, 0.05) is 29.7 Å². The first kappa shape index (κ1) is 18.2. The van der Waals surface area contributed by atoms with Gasteiger partial charge in [-0.1, -0.05) is 6.07 Å². The first-order valence-corrected chi connectivity index (χ1v) is 10.4. The summed E-state index contributed by atoms with van der Waals surface area (Å²) in [7, 11) is -3.54. The summed E-state index contributed by atoms with van der Waals surface area (Å²) in [5, 5.41) is 8.01. The second kappa shape index (κ2) is 7.71. The van der Waals surface area contributed by atoms with E-state index in [9.17, 15) is 8.42 Å². The molecule has 0 aliphatic rings. The highest BCUT2D eigenvalue weighted by molar-refractivity contribution is 7.94. The highest BCUT2D eigenvalue weighted by Gasteiger charge is 2.14. The summed E-state index contributed by atoms with van der Waals surface area (Å²) in [6.07, 6.45) is 0. The topological polar surface area (TPSA) is 96.0 Å². The molecule has 9 heteroatoms. The van der Waals surface area contributed by atoms with Crippen LogP contribution in [-0.2, 0) is 10.0 Å². The van der Waals surface area contributed by atoms with Crippen molar-refractivity contribution in [1.82, 2.24) is 9.97 Å². The number of thiophene rings is 1. The monoisotopic (exact) mass is 389 g/mol. The van der Waals surface area contributed by atoms with Crippen LogP contribution in [0.15, 0.2) is 52.1 Å². The van der Waals surface area contributed by atoms with Crippen LogP contribution in [0.3, 0.4) is 0 Å². The molecule has 3 rings (SSSR count). The Hall–Kier alpha value is -2.65. The predicted molar refractivity (Wildman–Crippen MR) is 106 cm³/mol. The number of nitrogens with zero attached hydrogens (tertiary/aromatic N) is 2. The van der Waals surface area contributed by atoms with Crippen molar-refractivity contribution < 1.29 is 8.42 Å². The molecule has 0 atom stereocenters. The molecule has 0 fully saturated rings. The van der Waals surface area contributed by atoms with Crippen LogP contribution >= 0.6 is 11.3 Å². The van der Waals surface area contributed by atoms with E-state index in [1.165, 1.54) is 11.3 Å². The Morgan fingerprint density at radius 1 is 1.08 bits per heavy atom. The number of hydrogen-bond donors (Lipinski definition) is 3. The Labute approximate surface area is 156 Å². The number of nitrogens with one attached hydrogen (secondary N) is 3. The van der Waals surface area contributed by atoms with Crippen LogP contribution in [0.1, 0.15) is 12.6 Å². The molecule has 0 unspecified atom stereocenters. The minimum atomic E-state index is -3.54. The molecule has 1 aromatic carbocycles. The maximum Gasteiger partial charge on any atom is 0.271 e. The average Bonchev–Trinajstić information content (AvgIpc) is 3.12. The van der Waals surface area contributed by atoms with Gasteiger partial charge in [-0.2, -0.15) is 4.98 Å². The number of anilines is 4. The van der Waals surface area contributed by atoms with Gasteiger partial charge in [0.25, 0.3) is 10.0 Å². The Balaban J connectivity index is 1.72. The second-order valence-corrected chi connectivity index (χ2v) is 8.35. The van der Waals surface area contributed by atoms with E-state index in [0.717, 1.165) is 17.9 Å². The quantitative estimate of drug-likeness (QED) is 0.568. The Kier molecular flexibility index (Phi) is 5.38. The fraction of sp³-hybridized carbons (Fsp3) is 0.176. The van der Waals surface area contributed by atoms with E-state index >= 15 is 0 Å². The fourth-order valence-electron chi connectivity index (χ4n) is 2.26. The molecule has 3 N–H and O–H groups in total. The number of sulfonamides is 1. The third-order valence-electron chi connectivity index (χ3n) is 3.36. The van der Waals surface area contributed by atoms with E-state index in [2.05, 4.69) is 25.3 Å². The minimum Gasteiger partial charge on any atom is -0.354 e. The molecule has 3 aromatic rings. The molecule has 0 aliphatic carbocycles. The summed E-state index contributed by atoms with van der Waals surface area (Å²) >= 11 is 1.18. The summed E-state index contributed by atoms with van der Waals surface area (Å²) in [5.41, 5.74) is 2.14.